The fraction of sp³-hybridized carbons (Fsp3) is 0.350. The first-order chi connectivity index (χ1) is 12.7. The van der Waals surface area contributed by atoms with Crippen molar-refractivity contribution in [2.45, 2.75) is 19.1 Å². The minimum Gasteiger partial charge on any atom is -0.376 e. The van der Waals surface area contributed by atoms with Crippen LogP contribution in [0.2, 0.25) is 0 Å². The van der Waals surface area contributed by atoms with E-state index in [4.69, 9.17) is 0 Å². The average Bonchev–Trinajstić information content (AvgIpc) is 2.61. The van der Waals surface area contributed by atoms with Gasteiger partial charge in [0, 0.05) is 12.2 Å². The van der Waals surface area contributed by atoms with E-state index in [-0.39, 0.29) is 24.2 Å². The van der Waals surface area contributed by atoms with Crippen LogP contribution in [0.15, 0.2) is 48.5 Å². The van der Waals surface area contributed by atoms with Gasteiger partial charge in [-0.1, -0.05) is 35.9 Å². The molecule has 0 heterocycles. The van der Waals surface area contributed by atoms with Gasteiger partial charge in [-0.25, -0.2) is 0 Å². The minimum absolute atomic E-state index is 0.00288. The van der Waals surface area contributed by atoms with Crippen LogP contribution in [0.4, 0.5) is 18.9 Å². The molecule has 0 aliphatic rings. The lowest BCUT2D eigenvalue weighted by Gasteiger charge is -2.25. The average molecular weight is 379 g/mol. The summed E-state index contributed by atoms with van der Waals surface area (Å²) in [6.45, 7) is 2.31. The van der Waals surface area contributed by atoms with E-state index in [1.165, 1.54) is 12.1 Å². The molecule has 1 amide bonds. The first kappa shape index (κ1) is 20.8. The standard InChI is InChI=1S/C20H24F3N3O/c1-14-7-9-15(10-8-14)18(26(2)3)12-25-19(27)13-24-17-6-4-5-16(11-17)20(21,22)23/h4-11,18,24H,12-13H2,1-3H3,(H,25,27). The van der Waals surface area contributed by atoms with E-state index in [9.17, 15) is 18.0 Å². The monoisotopic (exact) mass is 379 g/mol. The van der Waals surface area contributed by atoms with E-state index >= 15 is 0 Å². The van der Waals surface area contributed by atoms with Crippen LogP contribution in [-0.2, 0) is 11.0 Å². The lowest BCUT2D eigenvalue weighted by Crippen LogP contribution is -2.37. The number of rotatable bonds is 7. The molecule has 0 fully saturated rings. The molecule has 2 aromatic carbocycles. The minimum atomic E-state index is -4.41. The summed E-state index contributed by atoms with van der Waals surface area (Å²) >= 11 is 0. The predicted octanol–water partition coefficient (Wildman–Crippen LogP) is 3.84. The maximum absolute atomic E-state index is 12.7. The van der Waals surface area contributed by atoms with Crippen LogP contribution in [-0.4, -0.2) is 38.0 Å². The number of carbonyl (C=O) groups is 1. The Bertz CT molecular complexity index is 758. The number of benzene rings is 2. The Morgan fingerprint density at radius 1 is 1.11 bits per heavy atom. The highest BCUT2D eigenvalue weighted by Gasteiger charge is 2.30. The molecule has 0 spiro atoms. The van der Waals surface area contributed by atoms with Crippen molar-refractivity contribution in [3.63, 3.8) is 0 Å². The highest BCUT2D eigenvalue weighted by atomic mass is 19.4. The van der Waals surface area contributed by atoms with Gasteiger partial charge in [-0.3, -0.25) is 4.79 Å². The van der Waals surface area contributed by atoms with Crippen LogP contribution in [0.1, 0.15) is 22.7 Å². The zero-order valence-electron chi connectivity index (χ0n) is 15.6. The summed E-state index contributed by atoms with van der Waals surface area (Å²) in [6, 6.07) is 12.9. The van der Waals surface area contributed by atoms with Crippen molar-refractivity contribution in [1.29, 1.82) is 0 Å². The molecule has 0 saturated carbocycles. The predicted molar refractivity (Wildman–Crippen MR) is 101 cm³/mol. The van der Waals surface area contributed by atoms with Gasteiger partial charge >= 0.3 is 6.18 Å². The molecule has 1 unspecified atom stereocenters. The largest absolute Gasteiger partial charge is 0.416 e. The SMILES string of the molecule is Cc1ccc(C(CNC(=O)CNc2cccc(C(F)(F)F)c2)N(C)C)cc1. The van der Waals surface area contributed by atoms with Gasteiger partial charge in [-0.2, -0.15) is 13.2 Å². The molecule has 0 aromatic heterocycles. The summed E-state index contributed by atoms with van der Waals surface area (Å²) < 4.78 is 38.2. The summed E-state index contributed by atoms with van der Waals surface area (Å²) in [5.74, 6) is -0.286. The van der Waals surface area contributed by atoms with E-state index < -0.39 is 11.7 Å². The van der Waals surface area contributed by atoms with Gasteiger partial charge in [0.05, 0.1) is 18.2 Å². The zero-order valence-corrected chi connectivity index (χ0v) is 15.6. The molecule has 4 nitrogen and oxygen atoms in total. The Kier molecular flexibility index (Phi) is 6.85. The Morgan fingerprint density at radius 2 is 1.78 bits per heavy atom. The highest BCUT2D eigenvalue weighted by Crippen LogP contribution is 2.30. The molecule has 0 radical (unpaired) electrons. The van der Waals surface area contributed by atoms with Gasteiger partial charge in [0.1, 0.15) is 0 Å². The van der Waals surface area contributed by atoms with E-state index in [0.29, 0.717) is 6.54 Å². The molecule has 0 aliphatic heterocycles. The van der Waals surface area contributed by atoms with Crippen molar-refractivity contribution in [2.24, 2.45) is 0 Å². The van der Waals surface area contributed by atoms with Crippen molar-refractivity contribution in [3.8, 4) is 0 Å². The van der Waals surface area contributed by atoms with Crippen molar-refractivity contribution < 1.29 is 18.0 Å². The maximum Gasteiger partial charge on any atom is 0.416 e. The van der Waals surface area contributed by atoms with Crippen molar-refractivity contribution >= 4 is 11.6 Å². The van der Waals surface area contributed by atoms with Gasteiger partial charge < -0.3 is 15.5 Å². The van der Waals surface area contributed by atoms with Crippen LogP contribution >= 0.6 is 0 Å². The highest BCUT2D eigenvalue weighted by molar-refractivity contribution is 5.80. The smallest absolute Gasteiger partial charge is 0.376 e. The molecule has 0 saturated heterocycles. The maximum atomic E-state index is 12.7. The topological polar surface area (TPSA) is 44.4 Å². The summed E-state index contributed by atoms with van der Waals surface area (Å²) in [6.07, 6.45) is -4.41. The van der Waals surface area contributed by atoms with E-state index in [1.807, 2.05) is 50.2 Å². The third-order valence-corrected chi connectivity index (χ3v) is 4.22. The molecule has 1 atom stereocenters. The number of likely N-dealkylation sites (N-methyl/N-ethyl adjacent to an activating group) is 1. The lowest BCUT2D eigenvalue weighted by molar-refractivity contribution is -0.137. The number of hydrogen-bond donors (Lipinski definition) is 2. The lowest BCUT2D eigenvalue weighted by atomic mass is 10.0. The van der Waals surface area contributed by atoms with Crippen LogP contribution in [0, 0.1) is 6.92 Å². The fourth-order valence-electron chi connectivity index (χ4n) is 2.65. The molecule has 2 rings (SSSR count). The van der Waals surface area contributed by atoms with Gasteiger partial charge in [-0.15, -0.1) is 0 Å². The van der Waals surface area contributed by atoms with E-state index in [0.717, 1.165) is 23.3 Å². The third kappa shape index (κ3) is 6.29. The second-order valence-electron chi connectivity index (χ2n) is 6.63. The number of anilines is 1. The summed E-state index contributed by atoms with van der Waals surface area (Å²) in [4.78, 5) is 14.1. The van der Waals surface area contributed by atoms with Crippen LogP contribution < -0.4 is 10.6 Å². The fourth-order valence-corrected chi connectivity index (χ4v) is 2.65. The molecule has 27 heavy (non-hydrogen) atoms. The molecular formula is C20H24F3N3O. The molecular weight excluding hydrogens is 355 g/mol. The van der Waals surface area contributed by atoms with Crippen molar-refractivity contribution in [2.75, 3.05) is 32.5 Å². The zero-order chi connectivity index (χ0) is 20.0. The van der Waals surface area contributed by atoms with Crippen LogP contribution in [0.3, 0.4) is 0 Å². The Morgan fingerprint density at radius 3 is 2.37 bits per heavy atom. The van der Waals surface area contributed by atoms with Gasteiger partial charge in [0.15, 0.2) is 0 Å². The Hall–Kier alpha value is -2.54. The first-order valence-electron chi connectivity index (χ1n) is 8.57. The summed E-state index contributed by atoms with van der Waals surface area (Å²) in [7, 11) is 3.86. The molecule has 146 valence electrons. The summed E-state index contributed by atoms with van der Waals surface area (Å²) in [5.41, 5.74) is 1.74. The second kappa shape index (κ2) is 8.90. The van der Waals surface area contributed by atoms with Crippen molar-refractivity contribution in [3.05, 3.63) is 65.2 Å². The van der Waals surface area contributed by atoms with E-state index in [1.54, 1.807) is 0 Å². The number of aryl methyl sites for hydroxylation is 1. The van der Waals surface area contributed by atoms with Crippen LogP contribution in [0.5, 0.6) is 0 Å². The van der Waals surface area contributed by atoms with Crippen LogP contribution in [0.25, 0.3) is 0 Å². The summed E-state index contributed by atoms with van der Waals surface area (Å²) in [5, 5.41) is 5.56. The second-order valence-corrected chi connectivity index (χ2v) is 6.63. The number of hydrogen-bond acceptors (Lipinski definition) is 3. The normalized spacial score (nSPS) is 12.7. The molecule has 2 aromatic rings. The van der Waals surface area contributed by atoms with Crippen molar-refractivity contribution in [1.82, 2.24) is 10.2 Å². The number of alkyl halides is 3. The number of nitrogens with zero attached hydrogens (tertiary/aromatic N) is 1. The Balaban J connectivity index is 1.90. The van der Waals surface area contributed by atoms with Gasteiger partial charge in [-0.05, 0) is 44.8 Å². The molecule has 0 bridgehead atoms. The molecule has 2 N–H and O–H groups in total. The molecule has 0 aliphatic carbocycles. The Labute approximate surface area is 157 Å². The van der Waals surface area contributed by atoms with Gasteiger partial charge in [0.25, 0.3) is 0 Å². The first-order valence-corrected chi connectivity index (χ1v) is 8.57. The number of nitrogens with one attached hydrogen (secondary N) is 2. The third-order valence-electron chi connectivity index (χ3n) is 4.22. The quantitative estimate of drug-likeness (QED) is 0.768. The van der Waals surface area contributed by atoms with E-state index in [2.05, 4.69) is 10.6 Å². The molecule has 7 heteroatoms. The number of amides is 1. The number of carbonyl (C=O) groups excluding carboxylic acids is 1. The number of halogens is 3. The van der Waals surface area contributed by atoms with Gasteiger partial charge in [0.2, 0.25) is 5.91 Å².